The number of phenols is 1. The Morgan fingerprint density at radius 1 is 1.29 bits per heavy atom. The molecule has 1 heterocycles. The largest absolute Gasteiger partial charge is 0.506 e. The minimum atomic E-state index is -0.0804. The number of benzene rings is 1. The average molecular weight is 235 g/mol. The number of amides is 2. The van der Waals surface area contributed by atoms with E-state index in [2.05, 4.69) is 0 Å². The number of carbonyl (C=O) groups excluding carboxylic acids is 1. The second kappa shape index (κ2) is 5.05. The van der Waals surface area contributed by atoms with Gasteiger partial charge in [0.1, 0.15) is 5.75 Å². The summed E-state index contributed by atoms with van der Waals surface area (Å²) in [4.78, 5) is 15.5. The third-order valence-corrected chi connectivity index (χ3v) is 2.88. The van der Waals surface area contributed by atoms with Crippen molar-refractivity contribution >= 4 is 11.7 Å². The number of nitrogens with two attached hydrogens (primary N) is 1. The van der Waals surface area contributed by atoms with Crippen molar-refractivity contribution in [2.75, 3.05) is 31.1 Å². The van der Waals surface area contributed by atoms with E-state index in [9.17, 15) is 9.90 Å². The van der Waals surface area contributed by atoms with Gasteiger partial charge in [-0.05, 0) is 18.6 Å². The van der Waals surface area contributed by atoms with Crippen LogP contribution in [0.25, 0.3) is 0 Å². The molecule has 5 heteroatoms. The van der Waals surface area contributed by atoms with Crippen LogP contribution in [0.1, 0.15) is 6.42 Å². The number of carbonyl (C=O) groups is 1. The van der Waals surface area contributed by atoms with Gasteiger partial charge >= 0.3 is 6.03 Å². The summed E-state index contributed by atoms with van der Waals surface area (Å²) in [6, 6.07) is 6.81. The third kappa shape index (κ3) is 2.34. The van der Waals surface area contributed by atoms with E-state index in [1.54, 1.807) is 28.0 Å². The molecule has 2 rings (SSSR count). The number of aromatic hydroxyl groups is 1. The zero-order valence-corrected chi connectivity index (χ0v) is 9.67. The van der Waals surface area contributed by atoms with Crippen molar-refractivity contribution in [3.8, 4) is 5.75 Å². The number of nitrogens with zero attached hydrogens (tertiary/aromatic N) is 2. The second-order valence-electron chi connectivity index (χ2n) is 4.05. The Morgan fingerprint density at radius 3 is 2.76 bits per heavy atom. The number of urea groups is 1. The van der Waals surface area contributed by atoms with E-state index in [-0.39, 0.29) is 11.8 Å². The van der Waals surface area contributed by atoms with E-state index >= 15 is 0 Å². The van der Waals surface area contributed by atoms with Gasteiger partial charge in [0.15, 0.2) is 0 Å². The molecular weight excluding hydrogens is 218 g/mol. The molecule has 0 atom stereocenters. The number of anilines is 1. The summed E-state index contributed by atoms with van der Waals surface area (Å²) in [5.74, 6) is 0.135. The summed E-state index contributed by atoms with van der Waals surface area (Å²) in [6.45, 7) is 2.39. The minimum absolute atomic E-state index is 0.0804. The number of hydrogen-bond acceptors (Lipinski definition) is 3. The topological polar surface area (TPSA) is 69.8 Å². The molecule has 1 aliphatic rings. The molecule has 0 spiro atoms. The first-order valence-electron chi connectivity index (χ1n) is 5.78. The van der Waals surface area contributed by atoms with Crippen LogP contribution in [0.2, 0.25) is 0 Å². The molecule has 1 saturated heterocycles. The van der Waals surface area contributed by atoms with Crippen LogP contribution in [0.4, 0.5) is 10.5 Å². The molecule has 0 saturated carbocycles. The van der Waals surface area contributed by atoms with Gasteiger partial charge in [0, 0.05) is 26.2 Å². The van der Waals surface area contributed by atoms with E-state index < -0.39 is 0 Å². The molecule has 0 bridgehead atoms. The summed E-state index contributed by atoms with van der Waals surface area (Å²) >= 11 is 0. The molecule has 2 amide bonds. The number of rotatable bonds is 3. The van der Waals surface area contributed by atoms with Crippen LogP contribution in [0.15, 0.2) is 24.3 Å². The fourth-order valence-electron chi connectivity index (χ4n) is 2.06. The van der Waals surface area contributed by atoms with Crippen molar-refractivity contribution in [2.45, 2.75) is 6.42 Å². The molecule has 17 heavy (non-hydrogen) atoms. The predicted octanol–water partition coefficient (Wildman–Crippen LogP) is 0.983. The van der Waals surface area contributed by atoms with E-state index in [4.69, 9.17) is 5.73 Å². The first-order chi connectivity index (χ1) is 8.24. The van der Waals surface area contributed by atoms with Crippen molar-refractivity contribution in [3.05, 3.63) is 24.3 Å². The van der Waals surface area contributed by atoms with Crippen LogP contribution in [0, 0.1) is 0 Å². The first-order valence-corrected chi connectivity index (χ1v) is 5.78. The van der Waals surface area contributed by atoms with Gasteiger partial charge in [0.2, 0.25) is 0 Å². The lowest BCUT2D eigenvalue weighted by molar-refractivity contribution is 0.196. The Bertz CT molecular complexity index is 406. The quantitative estimate of drug-likeness (QED) is 0.820. The van der Waals surface area contributed by atoms with Gasteiger partial charge in [-0.2, -0.15) is 0 Å². The molecule has 0 radical (unpaired) electrons. The Labute approximate surface area is 100 Å². The average Bonchev–Trinajstić information content (AvgIpc) is 2.33. The normalized spacial score (nSPS) is 16.4. The van der Waals surface area contributed by atoms with Gasteiger partial charge in [-0.3, -0.25) is 4.90 Å². The maximum atomic E-state index is 12.2. The Kier molecular flexibility index (Phi) is 3.49. The fraction of sp³-hybridized carbons (Fsp3) is 0.417. The molecule has 0 unspecified atom stereocenters. The molecular formula is C12H17N3O2. The summed E-state index contributed by atoms with van der Waals surface area (Å²) < 4.78 is 0. The van der Waals surface area contributed by atoms with Crippen LogP contribution in [0.5, 0.6) is 5.75 Å². The molecule has 1 aromatic carbocycles. The first kappa shape index (κ1) is 11.7. The zero-order valence-electron chi connectivity index (χ0n) is 9.67. The van der Waals surface area contributed by atoms with Crippen LogP contribution in [0.3, 0.4) is 0 Å². The highest BCUT2D eigenvalue weighted by Gasteiger charge is 2.27. The SMILES string of the molecule is NCCN1CCCN(c2ccccc2O)C1=O. The Balaban J connectivity index is 2.21. The van der Waals surface area contributed by atoms with Crippen LogP contribution in [-0.2, 0) is 0 Å². The van der Waals surface area contributed by atoms with Crippen molar-refractivity contribution < 1.29 is 9.90 Å². The summed E-state index contributed by atoms with van der Waals surface area (Å²) in [6.07, 6.45) is 0.889. The van der Waals surface area contributed by atoms with E-state index in [0.29, 0.717) is 25.3 Å². The van der Waals surface area contributed by atoms with Gasteiger partial charge in [-0.1, -0.05) is 12.1 Å². The van der Waals surface area contributed by atoms with Gasteiger partial charge in [0.25, 0.3) is 0 Å². The highest BCUT2D eigenvalue weighted by atomic mass is 16.3. The smallest absolute Gasteiger partial charge is 0.324 e. The highest BCUT2D eigenvalue weighted by molar-refractivity contribution is 5.94. The van der Waals surface area contributed by atoms with Gasteiger partial charge in [-0.15, -0.1) is 0 Å². The monoisotopic (exact) mass is 235 g/mol. The number of para-hydroxylation sites is 2. The van der Waals surface area contributed by atoms with Crippen molar-refractivity contribution in [1.29, 1.82) is 0 Å². The maximum Gasteiger partial charge on any atom is 0.324 e. The lowest BCUT2D eigenvalue weighted by Crippen LogP contribution is -2.50. The third-order valence-electron chi connectivity index (χ3n) is 2.88. The number of hydrogen-bond donors (Lipinski definition) is 2. The molecule has 3 N–H and O–H groups in total. The lowest BCUT2D eigenvalue weighted by Gasteiger charge is -2.35. The van der Waals surface area contributed by atoms with Gasteiger partial charge in [0.05, 0.1) is 5.69 Å². The van der Waals surface area contributed by atoms with Crippen molar-refractivity contribution in [2.24, 2.45) is 5.73 Å². The van der Waals surface area contributed by atoms with E-state index in [0.717, 1.165) is 13.0 Å². The summed E-state index contributed by atoms with van der Waals surface area (Å²) in [5.41, 5.74) is 6.04. The van der Waals surface area contributed by atoms with Crippen LogP contribution in [-0.4, -0.2) is 42.2 Å². The van der Waals surface area contributed by atoms with Crippen LogP contribution < -0.4 is 10.6 Å². The molecule has 0 aromatic heterocycles. The standard InChI is InChI=1S/C12H17N3O2/c13-6-9-14-7-3-8-15(12(14)17)10-4-1-2-5-11(10)16/h1-2,4-5,16H,3,6-9,13H2. The van der Waals surface area contributed by atoms with Gasteiger partial charge in [-0.25, -0.2) is 4.79 Å². The zero-order chi connectivity index (χ0) is 12.3. The molecule has 5 nitrogen and oxygen atoms in total. The van der Waals surface area contributed by atoms with Crippen molar-refractivity contribution in [3.63, 3.8) is 0 Å². The predicted molar refractivity (Wildman–Crippen MR) is 66.1 cm³/mol. The minimum Gasteiger partial charge on any atom is -0.506 e. The van der Waals surface area contributed by atoms with E-state index in [1.165, 1.54) is 0 Å². The molecule has 0 aliphatic carbocycles. The van der Waals surface area contributed by atoms with E-state index in [1.807, 2.05) is 6.07 Å². The van der Waals surface area contributed by atoms with Gasteiger partial charge < -0.3 is 15.7 Å². The summed E-state index contributed by atoms with van der Waals surface area (Å²) in [5, 5.41) is 9.76. The summed E-state index contributed by atoms with van der Waals surface area (Å²) in [7, 11) is 0. The fourth-order valence-corrected chi connectivity index (χ4v) is 2.06. The van der Waals surface area contributed by atoms with Crippen LogP contribution >= 0.6 is 0 Å². The molecule has 92 valence electrons. The molecule has 1 aromatic rings. The Hall–Kier alpha value is -1.75. The number of phenolic OH excluding ortho intramolecular Hbond substituents is 1. The lowest BCUT2D eigenvalue weighted by atomic mass is 10.2. The molecule has 1 aliphatic heterocycles. The second-order valence-corrected chi connectivity index (χ2v) is 4.05. The maximum absolute atomic E-state index is 12.2. The molecule has 1 fully saturated rings. The highest BCUT2D eigenvalue weighted by Crippen LogP contribution is 2.28. The Morgan fingerprint density at radius 2 is 2.06 bits per heavy atom. The van der Waals surface area contributed by atoms with Crippen molar-refractivity contribution in [1.82, 2.24) is 4.90 Å².